The highest BCUT2D eigenvalue weighted by Crippen LogP contribution is 2.43. The van der Waals surface area contributed by atoms with Crippen molar-refractivity contribution in [2.75, 3.05) is 0 Å². The third kappa shape index (κ3) is 6.36. The maximum atomic E-state index is 12.0. The van der Waals surface area contributed by atoms with E-state index in [0.717, 1.165) is 0 Å². The van der Waals surface area contributed by atoms with Gasteiger partial charge in [-0.2, -0.15) is 5.10 Å². The molecular weight excluding hydrogens is 540 g/mol. The molecule has 0 saturated carbocycles. The summed E-state index contributed by atoms with van der Waals surface area (Å²) in [5.41, 5.74) is 1.67. The first kappa shape index (κ1) is 28.1. The Morgan fingerprint density at radius 2 is 1.12 bits per heavy atom. The van der Waals surface area contributed by atoms with Gasteiger partial charge < -0.3 is 18.9 Å². The van der Waals surface area contributed by atoms with E-state index in [1.54, 1.807) is 12.1 Å². The van der Waals surface area contributed by atoms with Gasteiger partial charge in [0.05, 0.1) is 11.3 Å². The Morgan fingerprint density at radius 1 is 0.650 bits per heavy atom. The van der Waals surface area contributed by atoms with E-state index in [-0.39, 0.29) is 45.0 Å². The second-order valence-corrected chi connectivity index (χ2v) is 8.88. The van der Waals surface area contributed by atoms with Crippen LogP contribution in [0.15, 0.2) is 66.7 Å². The fourth-order valence-electron chi connectivity index (χ4n) is 3.96. The predicted molar refractivity (Wildman–Crippen MR) is 145 cm³/mol. The van der Waals surface area contributed by atoms with Crippen LogP contribution in [0.3, 0.4) is 0 Å². The Hall–Kier alpha value is -4.96. The monoisotopic (exact) mass is 562 g/mol. The fraction of sp³-hybridized carbons (Fsp3) is 0.138. The van der Waals surface area contributed by atoms with Crippen LogP contribution in [0.4, 0.5) is 0 Å². The lowest BCUT2D eigenvalue weighted by Crippen LogP contribution is -2.11. The molecule has 0 unspecified atom stereocenters. The zero-order valence-electron chi connectivity index (χ0n) is 21.9. The molecule has 0 aliphatic carbocycles. The number of hydrogen-bond acceptors (Lipinski definition) is 9. The fourth-order valence-corrected chi connectivity index (χ4v) is 4.15. The Labute approximate surface area is 234 Å². The number of ether oxygens (including phenoxy) is 4. The van der Waals surface area contributed by atoms with E-state index in [9.17, 15) is 19.2 Å². The molecule has 11 heteroatoms. The second kappa shape index (κ2) is 11.8. The molecule has 0 saturated heterocycles. The van der Waals surface area contributed by atoms with Gasteiger partial charge in [0.1, 0.15) is 17.2 Å². The molecule has 0 aliphatic rings. The summed E-state index contributed by atoms with van der Waals surface area (Å²) in [4.78, 5) is 47.9. The number of carbonyl (C=O) groups is 4. The molecule has 1 aromatic heterocycles. The van der Waals surface area contributed by atoms with Crippen molar-refractivity contribution in [3.8, 4) is 51.2 Å². The highest BCUT2D eigenvalue weighted by Gasteiger charge is 2.26. The van der Waals surface area contributed by atoms with Gasteiger partial charge in [0.25, 0.3) is 0 Å². The number of rotatable bonds is 7. The Morgan fingerprint density at radius 3 is 1.60 bits per heavy atom. The van der Waals surface area contributed by atoms with E-state index in [4.69, 9.17) is 35.6 Å². The van der Waals surface area contributed by atoms with Crippen molar-refractivity contribution in [1.82, 2.24) is 9.78 Å². The van der Waals surface area contributed by atoms with Crippen molar-refractivity contribution < 1.29 is 38.1 Å². The van der Waals surface area contributed by atoms with Gasteiger partial charge in [0, 0.05) is 50.4 Å². The van der Waals surface area contributed by atoms with Crippen LogP contribution in [0.2, 0.25) is 5.02 Å². The average molecular weight is 563 g/mol. The van der Waals surface area contributed by atoms with Crippen LogP contribution in [-0.4, -0.2) is 33.7 Å². The van der Waals surface area contributed by atoms with Crippen LogP contribution in [-0.2, 0) is 19.2 Å². The topological polar surface area (TPSA) is 123 Å². The largest absolute Gasteiger partial charge is 0.426 e. The normalized spacial score (nSPS) is 10.5. The Kier molecular flexibility index (Phi) is 8.30. The molecule has 1 heterocycles. The summed E-state index contributed by atoms with van der Waals surface area (Å²) in [6, 6.07) is 18.1. The van der Waals surface area contributed by atoms with E-state index in [2.05, 4.69) is 0 Å². The minimum absolute atomic E-state index is 0.0310. The molecule has 10 nitrogen and oxygen atoms in total. The maximum Gasteiger partial charge on any atom is 0.308 e. The summed E-state index contributed by atoms with van der Waals surface area (Å²) < 4.78 is 23.1. The molecule has 0 radical (unpaired) electrons. The Balaban J connectivity index is 2.09. The first-order chi connectivity index (χ1) is 19.0. The van der Waals surface area contributed by atoms with E-state index < -0.39 is 23.9 Å². The number of nitrogens with zero attached hydrogens (tertiary/aromatic N) is 2. The highest BCUT2D eigenvalue weighted by atomic mass is 35.5. The highest BCUT2D eigenvalue weighted by molar-refractivity contribution is 6.31. The minimum atomic E-state index is -0.650. The lowest BCUT2D eigenvalue weighted by Gasteiger charge is -2.16. The van der Waals surface area contributed by atoms with Crippen molar-refractivity contribution in [3.05, 3.63) is 71.8 Å². The third-order valence-electron chi connectivity index (χ3n) is 5.25. The summed E-state index contributed by atoms with van der Waals surface area (Å²) in [7, 11) is 0. The number of carbonyl (C=O) groups excluding carboxylic acids is 4. The molecule has 0 N–H and O–H groups in total. The SMILES string of the molecule is CC(=O)Oc1cccc(OC(C)=O)c1-c1cc(-c2ccccc2)n(-c2c(OC(C)=O)cc(Cl)cc2OC(C)=O)n1. The van der Waals surface area contributed by atoms with Gasteiger partial charge in [0.2, 0.25) is 0 Å². The molecule has 3 aromatic carbocycles. The smallest absolute Gasteiger partial charge is 0.308 e. The number of esters is 4. The molecule has 0 fully saturated rings. The van der Waals surface area contributed by atoms with Crippen LogP contribution < -0.4 is 18.9 Å². The van der Waals surface area contributed by atoms with Gasteiger partial charge >= 0.3 is 23.9 Å². The van der Waals surface area contributed by atoms with Crippen molar-refractivity contribution in [2.24, 2.45) is 0 Å². The first-order valence-electron chi connectivity index (χ1n) is 11.9. The van der Waals surface area contributed by atoms with E-state index in [1.807, 2.05) is 30.3 Å². The molecular formula is C29H23ClN2O8. The van der Waals surface area contributed by atoms with Crippen LogP contribution in [0.5, 0.6) is 23.0 Å². The van der Waals surface area contributed by atoms with Gasteiger partial charge in [-0.15, -0.1) is 0 Å². The van der Waals surface area contributed by atoms with Crippen molar-refractivity contribution in [2.45, 2.75) is 27.7 Å². The third-order valence-corrected chi connectivity index (χ3v) is 5.47. The summed E-state index contributed by atoms with van der Waals surface area (Å²) in [5, 5.41) is 4.88. The van der Waals surface area contributed by atoms with Gasteiger partial charge in [-0.05, 0) is 18.2 Å². The summed E-state index contributed by atoms with van der Waals surface area (Å²) in [5.74, 6) is -2.38. The molecule has 0 spiro atoms. The van der Waals surface area contributed by atoms with Gasteiger partial charge in [0.15, 0.2) is 17.2 Å². The molecule has 40 heavy (non-hydrogen) atoms. The van der Waals surface area contributed by atoms with Crippen LogP contribution in [0, 0.1) is 0 Å². The molecule has 0 bridgehead atoms. The number of aromatic nitrogens is 2. The Bertz CT molecular complexity index is 1560. The molecule has 204 valence electrons. The molecule has 4 aromatic rings. The molecule has 0 amide bonds. The van der Waals surface area contributed by atoms with E-state index in [0.29, 0.717) is 11.3 Å². The minimum Gasteiger partial charge on any atom is -0.426 e. The van der Waals surface area contributed by atoms with Gasteiger partial charge in [-0.3, -0.25) is 19.2 Å². The first-order valence-corrected chi connectivity index (χ1v) is 12.3. The molecule has 0 aliphatic heterocycles. The van der Waals surface area contributed by atoms with Crippen LogP contribution in [0.1, 0.15) is 27.7 Å². The predicted octanol–water partition coefficient (Wildman–Crippen LogP) is 5.56. The van der Waals surface area contributed by atoms with Gasteiger partial charge in [-0.1, -0.05) is 48.0 Å². The van der Waals surface area contributed by atoms with Crippen molar-refractivity contribution >= 4 is 35.5 Å². The second-order valence-electron chi connectivity index (χ2n) is 8.45. The summed E-state index contributed by atoms with van der Waals surface area (Å²) >= 11 is 6.26. The van der Waals surface area contributed by atoms with Crippen molar-refractivity contribution in [3.63, 3.8) is 0 Å². The summed E-state index contributed by atoms with van der Waals surface area (Å²) in [6.07, 6.45) is 0. The zero-order chi connectivity index (χ0) is 29.0. The molecule has 4 rings (SSSR count). The lowest BCUT2D eigenvalue weighted by atomic mass is 10.1. The van der Waals surface area contributed by atoms with Crippen molar-refractivity contribution in [1.29, 1.82) is 0 Å². The van der Waals surface area contributed by atoms with Gasteiger partial charge in [-0.25, -0.2) is 4.68 Å². The maximum absolute atomic E-state index is 12.0. The van der Waals surface area contributed by atoms with Crippen LogP contribution >= 0.6 is 11.6 Å². The van der Waals surface area contributed by atoms with E-state index >= 15 is 0 Å². The standard InChI is InChI=1S/C29H23ClN2O8/c1-16(33)37-24-11-8-12-25(38-17(2)34)28(24)22-15-23(20-9-6-5-7-10-20)32(31-22)29-26(39-18(3)35)13-21(30)14-27(29)40-19(4)36/h5-15H,1-4H3. The summed E-state index contributed by atoms with van der Waals surface area (Å²) in [6.45, 7) is 4.90. The quantitative estimate of drug-likeness (QED) is 0.210. The number of halogens is 1. The molecule has 0 atom stereocenters. The number of benzene rings is 3. The van der Waals surface area contributed by atoms with Crippen LogP contribution in [0.25, 0.3) is 28.2 Å². The van der Waals surface area contributed by atoms with E-state index in [1.165, 1.54) is 56.6 Å². The zero-order valence-corrected chi connectivity index (χ0v) is 22.6. The number of hydrogen-bond donors (Lipinski definition) is 0. The lowest BCUT2D eigenvalue weighted by molar-refractivity contribution is -0.133. The average Bonchev–Trinajstić information content (AvgIpc) is 3.27.